The fourth-order valence-corrected chi connectivity index (χ4v) is 2.56. The fraction of sp³-hybridized carbons (Fsp3) is 0.600. The van der Waals surface area contributed by atoms with Crippen LogP contribution >= 0.6 is 0 Å². The van der Waals surface area contributed by atoms with Crippen LogP contribution in [0.5, 0.6) is 5.75 Å². The van der Waals surface area contributed by atoms with E-state index in [1.165, 1.54) is 12.1 Å². The molecular formula is C15H22N2O3. The molecule has 0 unspecified atom stereocenters. The number of rotatable bonds is 5. The molecule has 0 amide bonds. The van der Waals surface area contributed by atoms with E-state index in [-0.39, 0.29) is 11.8 Å². The molecule has 5 heteroatoms. The van der Waals surface area contributed by atoms with Gasteiger partial charge in [0.1, 0.15) is 11.9 Å². The van der Waals surface area contributed by atoms with Gasteiger partial charge in [0.2, 0.25) is 0 Å². The van der Waals surface area contributed by atoms with Crippen LogP contribution in [0.2, 0.25) is 0 Å². The number of non-ortho nitro benzene ring substituents is 1. The zero-order valence-corrected chi connectivity index (χ0v) is 12.1. The van der Waals surface area contributed by atoms with E-state index in [1.807, 2.05) is 0 Å². The van der Waals surface area contributed by atoms with Gasteiger partial charge < -0.3 is 9.64 Å². The number of hydrogen-bond donors (Lipinski definition) is 0. The minimum Gasteiger partial charge on any atom is -0.490 e. The number of benzene rings is 1. The molecule has 0 spiro atoms. The molecular weight excluding hydrogens is 256 g/mol. The van der Waals surface area contributed by atoms with Crippen LogP contribution in [-0.4, -0.2) is 35.6 Å². The Hall–Kier alpha value is -1.62. The molecule has 0 aromatic heterocycles. The second kappa shape index (κ2) is 6.70. The lowest BCUT2D eigenvalue weighted by Crippen LogP contribution is -2.39. The first-order chi connectivity index (χ1) is 9.54. The summed E-state index contributed by atoms with van der Waals surface area (Å²) in [4.78, 5) is 12.7. The first-order valence-corrected chi connectivity index (χ1v) is 7.18. The summed E-state index contributed by atoms with van der Waals surface area (Å²) >= 11 is 0. The molecule has 0 N–H and O–H groups in total. The van der Waals surface area contributed by atoms with Crippen LogP contribution < -0.4 is 4.74 Å². The molecule has 1 aliphatic rings. The third kappa shape index (κ3) is 4.20. The maximum Gasteiger partial charge on any atom is 0.269 e. The van der Waals surface area contributed by atoms with E-state index in [2.05, 4.69) is 18.7 Å². The Kier molecular flexibility index (Phi) is 4.95. The summed E-state index contributed by atoms with van der Waals surface area (Å²) in [6.07, 6.45) is 2.26. The highest BCUT2D eigenvalue weighted by atomic mass is 16.6. The van der Waals surface area contributed by atoms with E-state index in [0.29, 0.717) is 5.92 Å². The number of nitro benzene ring substituents is 1. The van der Waals surface area contributed by atoms with Gasteiger partial charge >= 0.3 is 0 Å². The molecule has 1 heterocycles. The summed E-state index contributed by atoms with van der Waals surface area (Å²) in [5, 5.41) is 10.6. The standard InChI is InChI=1S/C15H22N2O3/c1-12(2)11-16-9-7-15(8-10-16)20-14-5-3-13(4-6-14)17(18)19/h3-6,12,15H,7-11H2,1-2H3. The van der Waals surface area contributed by atoms with Crippen LogP contribution in [-0.2, 0) is 0 Å². The van der Waals surface area contributed by atoms with Gasteiger partial charge in [-0.1, -0.05) is 13.8 Å². The summed E-state index contributed by atoms with van der Waals surface area (Å²) in [6.45, 7) is 7.74. The van der Waals surface area contributed by atoms with Crippen molar-refractivity contribution < 1.29 is 9.66 Å². The highest BCUT2D eigenvalue weighted by Crippen LogP contribution is 2.22. The molecule has 0 aliphatic carbocycles. The molecule has 0 bridgehead atoms. The van der Waals surface area contributed by atoms with Crippen molar-refractivity contribution in [3.8, 4) is 5.75 Å². The van der Waals surface area contributed by atoms with Crippen molar-refractivity contribution in [1.82, 2.24) is 4.90 Å². The first-order valence-electron chi connectivity index (χ1n) is 7.18. The van der Waals surface area contributed by atoms with E-state index >= 15 is 0 Å². The number of piperidine rings is 1. The van der Waals surface area contributed by atoms with Crippen LogP contribution in [0.15, 0.2) is 24.3 Å². The summed E-state index contributed by atoms with van der Waals surface area (Å²) < 4.78 is 5.89. The second-order valence-corrected chi connectivity index (χ2v) is 5.76. The molecule has 2 rings (SSSR count). The smallest absolute Gasteiger partial charge is 0.269 e. The molecule has 20 heavy (non-hydrogen) atoms. The number of nitro groups is 1. The molecule has 0 saturated carbocycles. The van der Waals surface area contributed by atoms with Gasteiger partial charge in [-0.25, -0.2) is 0 Å². The normalized spacial score (nSPS) is 17.4. The van der Waals surface area contributed by atoms with Crippen LogP contribution in [0, 0.1) is 16.0 Å². The van der Waals surface area contributed by atoms with Crippen molar-refractivity contribution in [2.45, 2.75) is 32.8 Å². The molecule has 110 valence electrons. The molecule has 0 atom stereocenters. The van der Waals surface area contributed by atoms with Crippen LogP contribution in [0.25, 0.3) is 0 Å². The topological polar surface area (TPSA) is 55.6 Å². The minimum absolute atomic E-state index is 0.101. The highest BCUT2D eigenvalue weighted by Gasteiger charge is 2.21. The molecule has 1 aliphatic heterocycles. The van der Waals surface area contributed by atoms with Crippen molar-refractivity contribution >= 4 is 5.69 Å². The SMILES string of the molecule is CC(C)CN1CCC(Oc2ccc([N+](=O)[O-])cc2)CC1. The Balaban J connectivity index is 1.81. The lowest BCUT2D eigenvalue weighted by Gasteiger charge is -2.33. The Morgan fingerprint density at radius 1 is 1.30 bits per heavy atom. The highest BCUT2D eigenvalue weighted by molar-refractivity contribution is 5.36. The first kappa shape index (κ1) is 14.8. The average molecular weight is 278 g/mol. The lowest BCUT2D eigenvalue weighted by molar-refractivity contribution is -0.384. The number of nitrogens with zero attached hydrogens (tertiary/aromatic N) is 2. The molecule has 5 nitrogen and oxygen atoms in total. The third-order valence-electron chi connectivity index (χ3n) is 3.51. The summed E-state index contributed by atoms with van der Waals surface area (Å²) in [7, 11) is 0. The molecule has 1 aromatic rings. The lowest BCUT2D eigenvalue weighted by atomic mass is 10.1. The van der Waals surface area contributed by atoms with Gasteiger partial charge in [-0.15, -0.1) is 0 Å². The second-order valence-electron chi connectivity index (χ2n) is 5.76. The van der Waals surface area contributed by atoms with Crippen molar-refractivity contribution in [3.05, 3.63) is 34.4 Å². The summed E-state index contributed by atoms with van der Waals surface area (Å²) in [6, 6.07) is 6.34. The van der Waals surface area contributed by atoms with Gasteiger partial charge in [0.15, 0.2) is 0 Å². The summed E-state index contributed by atoms with van der Waals surface area (Å²) in [5.74, 6) is 1.42. The van der Waals surface area contributed by atoms with E-state index in [1.54, 1.807) is 12.1 Å². The summed E-state index contributed by atoms with van der Waals surface area (Å²) in [5.41, 5.74) is 0.101. The molecule has 1 saturated heterocycles. The zero-order chi connectivity index (χ0) is 14.5. The van der Waals surface area contributed by atoms with E-state index in [4.69, 9.17) is 4.74 Å². The van der Waals surface area contributed by atoms with Crippen molar-refractivity contribution in [2.24, 2.45) is 5.92 Å². The number of hydrogen-bond acceptors (Lipinski definition) is 4. The maximum atomic E-state index is 10.6. The predicted molar refractivity (Wildman–Crippen MR) is 78.0 cm³/mol. The van der Waals surface area contributed by atoms with Gasteiger partial charge in [0, 0.05) is 31.8 Å². The van der Waals surface area contributed by atoms with E-state index in [0.717, 1.165) is 38.2 Å². The zero-order valence-electron chi connectivity index (χ0n) is 12.1. The number of ether oxygens (including phenoxy) is 1. The average Bonchev–Trinajstić information content (AvgIpc) is 2.41. The quantitative estimate of drug-likeness (QED) is 0.613. The van der Waals surface area contributed by atoms with Crippen LogP contribution in [0.3, 0.4) is 0 Å². The Bertz CT molecular complexity index is 437. The van der Waals surface area contributed by atoms with Gasteiger partial charge in [-0.3, -0.25) is 10.1 Å². The van der Waals surface area contributed by atoms with Crippen molar-refractivity contribution in [3.63, 3.8) is 0 Å². The van der Waals surface area contributed by atoms with Gasteiger partial charge in [0.05, 0.1) is 4.92 Å². The molecule has 1 fully saturated rings. The number of likely N-dealkylation sites (tertiary alicyclic amines) is 1. The van der Waals surface area contributed by atoms with E-state index < -0.39 is 4.92 Å². The van der Waals surface area contributed by atoms with Gasteiger partial charge in [-0.2, -0.15) is 0 Å². The van der Waals surface area contributed by atoms with Gasteiger partial charge in [0.25, 0.3) is 5.69 Å². The minimum atomic E-state index is -0.395. The monoisotopic (exact) mass is 278 g/mol. The maximum absolute atomic E-state index is 10.6. The Labute approximate surface area is 119 Å². The largest absolute Gasteiger partial charge is 0.490 e. The van der Waals surface area contributed by atoms with Gasteiger partial charge in [-0.05, 0) is 30.9 Å². The van der Waals surface area contributed by atoms with Crippen LogP contribution in [0.4, 0.5) is 5.69 Å². The fourth-order valence-electron chi connectivity index (χ4n) is 2.56. The van der Waals surface area contributed by atoms with Crippen molar-refractivity contribution in [2.75, 3.05) is 19.6 Å². The molecule has 0 radical (unpaired) electrons. The van der Waals surface area contributed by atoms with Crippen LogP contribution in [0.1, 0.15) is 26.7 Å². The predicted octanol–water partition coefficient (Wildman–Crippen LogP) is 3.09. The Morgan fingerprint density at radius 2 is 1.90 bits per heavy atom. The van der Waals surface area contributed by atoms with E-state index in [9.17, 15) is 10.1 Å². The molecule has 1 aromatic carbocycles. The Morgan fingerprint density at radius 3 is 2.40 bits per heavy atom. The third-order valence-corrected chi connectivity index (χ3v) is 3.51. The van der Waals surface area contributed by atoms with Crippen molar-refractivity contribution in [1.29, 1.82) is 0 Å².